The summed E-state index contributed by atoms with van der Waals surface area (Å²) in [6.07, 6.45) is -1.74. The van der Waals surface area contributed by atoms with E-state index in [9.17, 15) is 38.3 Å². The molecule has 41 heavy (non-hydrogen) atoms. The van der Waals surface area contributed by atoms with E-state index in [0.29, 0.717) is 0 Å². The molecule has 1 amide bonds. The first-order chi connectivity index (χ1) is 19.0. The number of carboxylic acids is 1. The number of amides is 1. The Morgan fingerprint density at radius 1 is 1.15 bits per heavy atom. The Bertz CT molecular complexity index is 1390. The average Bonchev–Trinajstić information content (AvgIpc) is 2.88. The van der Waals surface area contributed by atoms with Gasteiger partial charge in [0.2, 0.25) is 15.9 Å². The number of para-hydroxylation sites is 2. The van der Waals surface area contributed by atoms with E-state index in [4.69, 9.17) is 0 Å². The number of sulfonamides is 1. The van der Waals surface area contributed by atoms with Gasteiger partial charge in [0.25, 0.3) is 5.69 Å². The molecule has 1 saturated heterocycles. The molecule has 0 aromatic heterocycles. The topological polar surface area (TPSA) is 170 Å². The Kier molecular flexibility index (Phi) is 9.90. The van der Waals surface area contributed by atoms with Crippen molar-refractivity contribution in [2.24, 2.45) is 11.8 Å². The molecule has 0 bridgehead atoms. The van der Waals surface area contributed by atoms with Crippen molar-refractivity contribution >= 4 is 33.3 Å². The van der Waals surface area contributed by atoms with Crippen LogP contribution in [-0.4, -0.2) is 77.6 Å². The molecule has 3 rings (SSSR count). The summed E-state index contributed by atoms with van der Waals surface area (Å²) in [6.45, 7) is 9.09. The molecular formula is C28H38N4O8S. The van der Waals surface area contributed by atoms with Gasteiger partial charge < -0.3 is 15.1 Å². The number of nitrogens with one attached hydrogen (secondary N) is 1. The van der Waals surface area contributed by atoms with E-state index in [1.807, 2.05) is 45.0 Å². The fraction of sp³-hybridized carbons (Fsp3) is 0.500. The number of carboxylic acid groups (broad SMARTS) is 1. The van der Waals surface area contributed by atoms with Crippen LogP contribution in [0.5, 0.6) is 0 Å². The number of carbonyl (C=O) groups excluding carboxylic acids is 1. The van der Waals surface area contributed by atoms with Crippen LogP contribution in [0.25, 0.3) is 0 Å². The number of nitro groups is 1. The minimum Gasteiger partial charge on any atom is -0.481 e. The number of benzene rings is 2. The van der Waals surface area contributed by atoms with Crippen LogP contribution in [-0.2, 0) is 19.6 Å². The molecule has 0 radical (unpaired) electrons. The van der Waals surface area contributed by atoms with Crippen LogP contribution >= 0.6 is 0 Å². The first-order valence-corrected chi connectivity index (χ1v) is 14.8. The maximum atomic E-state index is 13.4. The molecule has 1 aliphatic rings. The van der Waals surface area contributed by atoms with Crippen LogP contribution in [0.2, 0.25) is 0 Å². The van der Waals surface area contributed by atoms with E-state index < -0.39 is 55.1 Å². The van der Waals surface area contributed by atoms with Gasteiger partial charge in [-0.05, 0) is 50.8 Å². The number of nitro benzene ring substituents is 1. The van der Waals surface area contributed by atoms with Crippen molar-refractivity contribution in [1.82, 2.24) is 9.62 Å². The number of hydrogen-bond donors (Lipinski definition) is 3. The van der Waals surface area contributed by atoms with Crippen LogP contribution in [0.3, 0.4) is 0 Å². The van der Waals surface area contributed by atoms with Gasteiger partial charge in [0.15, 0.2) is 4.90 Å². The van der Waals surface area contributed by atoms with E-state index in [1.54, 1.807) is 23.6 Å². The zero-order valence-electron chi connectivity index (χ0n) is 23.9. The first kappa shape index (κ1) is 32.1. The molecule has 3 atom stereocenters. The largest absolute Gasteiger partial charge is 0.481 e. The van der Waals surface area contributed by atoms with Gasteiger partial charge in [-0.2, -0.15) is 0 Å². The second-order valence-electron chi connectivity index (χ2n) is 11.4. The summed E-state index contributed by atoms with van der Waals surface area (Å²) in [6, 6.07) is 11.0. The van der Waals surface area contributed by atoms with Crippen LogP contribution < -0.4 is 9.62 Å². The molecule has 1 heterocycles. The van der Waals surface area contributed by atoms with Crippen LogP contribution in [0, 0.1) is 28.9 Å². The van der Waals surface area contributed by atoms with Gasteiger partial charge in [-0.1, -0.05) is 44.2 Å². The third kappa shape index (κ3) is 7.47. The summed E-state index contributed by atoms with van der Waals surface area (Å²) < 4.78 is 29.3. The summed E-state index contributed by atoms with van der Waals surface area (Å²) >= 11 is 0. The predicted molar refractivity (Wildman–Crippen MR) is 153 cm³/mol. The maximum absolute atomic E-state index is 13.4. The summed E-state index contributed by atoms with van der Waals surface area (Å²) in [5.74, 6) is -2.69. The zero-order chi connectivity index (χ0) is 30.7. The normalized spacial score (nSPS) is 18.2. The summed E-state index contributed by atoms with van der Waals surface area (Å²) in [5.41, 5.74) is 0.369. The molecule has 224 valence electrons. The van der Waals surface area contributed by atoms with E-state index >= 15 is 0 Å². The molecule has 0 saturated carbocycles. The molecule has 1 fully saturated rings. The molecule has 2 aromatic carbocycles. The lowest BCUT2D eigenvalue weighted by molar-refractivity contribution is -0.387. The Balaban J connectivity index is 1.96. The number of aliphatic hydroxyl groups is 1. The van der Waals surface area contributed by atoms with Crippen molar-refractivity contribution in [3.05, 3.63) is 64.2 Å². The monoisotopic (exact) mass is 590 g/mol. The van der Waals surface area contributed by atoms with Crippen molar-refractivity contribution in [2.75, 3.05) is 24.5 Å². The van der Waals surface area contributed by atoms with E-state index in [1.165, 1.54) is 12.1 Å². The highest BCUT2D eigenvalue weighted by Crippen LogP contribution is 2.30. The first-order valence-electron chi connectivity index (χ1n) is 13.3. The Labute approximate surface area is 240 Å². The molecule has 2 aromatic rings. The molecule has 13 heteroatoms. The number of carbonyl (C=O) groups is 2. The second-order valence-corrected chi connectivity index (χ2v) is 13.1. The lowest BCUT2D eigenvalue weighted by atomic mass is 9.87. The molecule has 3 N–H and O–H groups in total. The number of nitrogens with zero attached hydrogens (tertiary/aromatic N) is 3. The minimum absolute atomic E-state index is 0.0930. The number of aryl methyl sites for hydroxylation is 1. The zero-order valence-corrected chi connectivity index (χ0v) is 24.7. The Morgan fingerprint density at radius 3 is 2.34 bits per heavy atom. The van der Waals surface area contributed by atoms with Gasteiger partial charge in [0.1, 0.15) is 0 Å². The number of aliphatic carboxylic acids is 1. The number of anilines is 1. The third-order valence-electron chi connectivity index (χ3n) is 7.59. The Morgan fingerprint density at radius 2 is 1.76 bits per heavy atom. The van der Waals surface area contributed by atoms with Gasteiger partial charge in [0, 0.05) is 30.4 Å². The Hall–Kier alpha value is -3.39. The van der Waals surface area contributed by atoms with Crippen molar-refractivity contribution in [2.45, 2.75) is 63.6 Å². The third-order valence-corrected chi connectivity index (χ3v) is 9.13. The molecule has 0 spiro atoms. The van der Waals surface area contributed by atoms with Crippen molar-refractivity contribution < 1.29 is 33.1 Å². The van der Waals surface area contributed by atoms with E-state index in [2.05, 4.69) is 4.72 Å². The summed E-state index contributed by atoms with van der Waals surface area (Å²) in [4.78, 5) is 38.7. The smallest absolute Gasteiger partial charge is 0.306 e. The van der Waals surface area contributed by atoms with E-state index in [0.717, 1.165) is 23.4 Å². The van der Waals surface area contributed by atoms with Crippen LogP contribution in [0.4, 0.5) is 11.4 Å². The van der Waals surface area contributed by atoms with Gasteiger partial charge in [0.05, 0.1) is 29.5 Å². The van der Waals surface area contributed by atoms with Crippen molar-refractivity contribution in [1.29, 1.82) is 0 Å². The van der Waals surface area contributed by atoms with E-state index in [-0.39, 0.29) is 37.9 Å². The highest BCUT2D eigenvalue weighted by molar-refractivity contribution is 7.89. The predicted octanol–water partition coefficient (Wildman–Crippen LogP) is 2.79. The second kappa shape index (κ2) is 12.6. The minimum atomic E-state index is -4.54. The highest BCUT2D eigenvalue weighted by atomic mass is 32.2. The van der Waals surface area contributed by atoms with Crippen LogP contribution in [0.15, 0.2) is 53.4 Å². The molecule has 1 aliphatic heterocycles. The van der Waals surface area contributed by atoms with Gasteiger partial charge in [-0.15, -0.1) is 0 Å². The lowest BCUT2D eigenvalue weighted by Gasteiger charge is -2.48. The SMILES string of the molecule is Cc1ccccc1N1CC(C)(C)N(C[C@H](NS(=O)(=O)c2ccccc2[N+](=O)[O-])[C@@H](O)C[C@H](C(=O)O)C(C)C)CC1=O. The number of piperazine rings is 1. The van der Waals surface area contributed by atoms with Crippen LogP contribution in [0.1, 0.15) is 39.7 Å². The summed E-state index contributed by atoms with van der Waals surface area (Å²) in [7, 11) is -4.54. The molecule has 12 nitrogen and oxygen atoms in total. The number of hydrogen-bond acceptors (Lipinski definition) is 8. The van der Waals surface area contributed by atoms with Crippen molar-refractivity contribution in [3.8, 4) is 0 Å². The molecular weight excluding hydrogens is 552 g/mol. The summed E-state index contributed by atoms with van der Waals surface area (Å²) in [5, 5.41) is 32.5. The van der Waals surface area contributed by atoms with Crippen molar-refractivity contribution in [3.63, 3.8) is 0 Å². The average molecular weight is 591 g/mol. The lowest BCUT2D eigenvalue weighted by Crippen LogP contribution is -2.65. The fourth-order valence-electron chi connectivity index (χ4n) is 5.09. The standard InChI is InChI=1S/C28H38N4O8S/c1-18(2)20(27(35)36)14-24(33)21(29-41(39,40)25-13-9-8-12-23(25)32(37)38)15-30-16-26(34)31(17-28(30,4)5)22-11-7-6-10-19(22)3/h6-13,18,20-21,24,29,33H,14-17H2,1-5H3,(H,35,36)/t20-,21-,24-/m0/s1. The fourth-order valence-corrected chi connectivity index (χ4v) is 6.52. The molecule has 0 aliphatic carbocycles. The quantitative estimate of drug-likeness (QED) is 0.248. The number of rotatable bonds is 12. The highest BCUT2D eigenvalue weighted by Gasteiger charge is 2.42. The number of aliphatic hydroxyl groups excluding tert-OH is 1. The van der Waals surface area contributed by atoms with Gasteiger partial charge in [-0.3, -0.25) is 24.6 Å². The maximum Gasteiger partial charge on any atom is 0.306 e. The van der Waals surface area contributed by atoms with Gasteiger partial charge >= 0.3 is 5.97 Å². The van der Waals surface area contributed by atoms with Gasteiger partial charge in [-0.25, -0.2) is 13.1 Å². The molecule has 0 unspecified atom stereocenters.